The van der Waals surface area contributed by atoms with Gasteiger partial charge in [0.1, 0.15) is 6.17 Å². The van der Waals surface area contributed by atoms with Gasteiger partial charge in [0.25, 0.3) is 0 Å². The Labute approximate surface area is 168 Å². The summed E-state index contributed by atoms with van der Waals surface area (Å²) < 4.78 is 0. The van der Waals surface area contributed by atoms with Crippen molar-refractivity contribution in [2.24, 2.45) is 0 Å². The lowest BCUT2D eigenvalue weighted by atomic mass is 10.1. The van der Waals surface area contributed by atoms with Crippen molar-refractivity contribution in [1.82, 2.24) is 9.80 Å². The van der Waals surface area contributed by atoms with Gasteiger partial charge in [-0.15, -0.1) is 0 Å². The SMILES string of the molecule is CCCCCCCCCCN1C=CN(Cc2ccccc2)C1CCCCC. The smallest absolute Gasteiger partial charge is 0.101 e. The van der Waals surface area contributed by atoms with Crippen molar-refractivity contribution in [2.45, 2.75) is 104 Å². The second-order valence-corrected chi connectivity index (χ2v) is 8.15. The summed E-state index contributed by atoms with van der Waals surface area (Å²) in [6.45, 7) is 6.84. The van der Waals surface area contributed by atoms with E-state index in [0.717, 1.165) is 6.54 Å². The van der Waals surface area contributed by atoms with Gasteiger partial charge >= 0.3 is 0 Å². The number of unbranched alkanes of at least 4 members (excludes halogenated alkanes) is 9. The number of rotatable bonds is 15. The molecule has 0 spiro atoms. The molecule has 0 amide bonds. The van der Waals surface area contributed by atoms with Crippen LogP contribution in [-0.4, -0.2) is 22.5 Å². The molecule has 1 unspecified atom stereocenters. The molecule has 1 aliphatic rings. The standard InChI is InChI=1S/C25H42N2/c1-3-5-7-8-9-10-11-16-20-26-21-22-27(25(26)19-13-6-4-2)23-24-17-14-12-15-18-24/h12,14-15,17-18,21-22,25H,3-11,13,16,19-20,23H2,1-2H3. The van der Waals surface area contributed by atoms with Gasteiger partial charge in [-0.1, -0.05) is 102 Å². The van der Waals surface area contributed by atoms with Crippen LogP contribution in [0.25, 0.3) is 0 Å². The molecule has 0 bridgehead atoms. The molecule has 0 fully saturated rings. The van der Waals surface area contributed by atoms with Crippen LogP contribution in [-0.2, 0) is 6.54 Å². The third kappa shape index (κ3) is 8.41. The second kappa shape index (κ2) is 13.7. The molecule has 1 aromatic carbocycles. The van der Waals surface area contributed by atoms with Crippen LogP contribution >= 0.6 is 0 Å². The average molecular weight is 371 g/mol. The van der Waals surface area contributed by atoms with Crippen LogP contribution in [0.3, 0.4) is 0 Å². The van der Waals surface area contributed by atoms with E-state index >= 15 is 0 Å². The first-order valence-corrected chi connectivity index (χ1v) is 11.6. The first-order valence-electron chi connectivity index (χ1n) is 11.6. The number of nitrogens with zero attached hydrogens (tertiary/aromatic N) is 2. The van der Waals surface area contributed by atoms with Crippen LogP contribution < -0.4 is 0 Å². The maximum absolute atomic E-state index is 2.61. The third-order valence-corrected chi connectivity index (χ3v) is 5.76. The van der Waals surface area contributed by atoms with Crippen LogP contribution in [0.4, 0.5) is 0 Å². The van der Waals surface area contributed by atoms with E-state index in [0.29, 0.717) is 6.17 Å². The minimum absolute atomic E-state index is 0.557. The van der Waals surface area contributed by atoms with Crippen molar-refractivity contribution < 1.29 is 0 Å². The molecule has 2 nitrogen and oxygen atoms in total. The Kier molecular flexibility index (Phi) is 11.1. The zero-order valence-electron chi connectivity index (χ0n) is 17.9. The highest BCUT2D eigenvalue weighted by Crippen LogP contribution is 2.24. The molecule has 0 aliphatic carbocycles. The fourth-order valence-electron chi connectivity index (χ4n) is 4.07. The van der Waals surface area contributed by atoms with Crippen LogP contribution in [0, 0.1) is 0 Å². The molecule has 0 aromatic heterocycles. The number of hydrogen-bond acceptors (Lipinski definition) is 2. The second-order valence-electron chi connectivity index (χ2n) is 8.15. The van der Waals surface area contributed by atoms with Crippen molar-refractivity contribution in [3.05, 3.63) is 48.3 Å². The Morgan fingerprint density at radius 2 is 1.26 bits per heavy atom. The van der Waals surface area contributed by atoms with E-state index < -0.39 is 0 Å². The first-order chi connectivity index (χ1) is 13.3. The molecule has 1 atom stereocenters. The first kappa shape index (κ1) is 21.9. The Morgan fingerprint density at radius 1 is 0.667 bits per heavy atom. The van der Waals surface area contributed by atoms with E-state index in [2.05, 4.69) is 66.4 Å². The van der Waals surface area contributed by atoms with Gasteiger partial charge in [-0.25, -0.2) is 0 Å². The maximum Gasteiger partial charge on any atom is 0.101 e. The van der Waals surface area contributed by atoms with Gasteiger partial charge in [0.05, 0.1) is 0 Å². The molecule has 152 valence electrons. The van der Waals surface area contributed by atoms with Crippen LogP contribution in [0.15, 0.2) is 42.7 Å². The van der Waals surface area contributed by atoms with Gasteiger partial charge in [-0.3, -0.25) is 0 Å². The minimum atomic E-state index is 0.557. The van der Waals surface area contributed by atoms with Crippen LogP contribution in [0.5, 0.6) is 0 Å². The van der Waals surface area contributed by atoms with E-state index in [4.69, 9.17) is 0 Å². The molecule has 0 saturated heterocycles. The van der Waals surface area contributed by atoms with E-state index in [9.17, 15) is 0 Å². The molecule has 1 heterocycles. The van der Waals surface area contributed by atoms with Crippen molar-refractivity contribution >= 4 is 0 Å². The zero-order valence-corrected chi connectivity index (χ0v) is 17.9. The van der Waals surface area contributed by atoms with Gasteiger partial charge in [0.2, 0.25) is 0 Å². The van der Waals surface area contributed by atoms with Crippen molar-refractivity contribution in [3.63, 3.8) is 0 Å². The lowest BCUT2D eigenvalue weighted by Crippen LogP contribution is -2.38. The molecule has 2 rings (SSSR count). The summed E-state index contributed by atoms with van der Waals surface area (Å²) in [7, 11) is 0. The summed E-state index contributed by atoms with van der Waals surface area (Å²) in [6, 6.07) is 10.9. The molecule has 0 radical (unpaired) electrons. The molecule has 27 heavy (non-hydrogen) atoms. The van der Waals surface area contributed by atoms with Crippen molar-refractivity contribution in [3.8, 4) is 0 Å². The summed E-state index contributed by atoms with van der Waals surface area (Å²) in [5.41, 5.74) is 1.41. The normalized spacial score (nSPS) is 16.4. The summed E-state index contributed by atoms with van der Waals surface area (Å²) >= 11 is 0. The Balaban J connectivity index is 1.73. The van der Waals surface area contributed by atoms with Crippen LogP contribution in [0.1, 0.15) is 96.5 Å². The topological polar surface area (TPSA) is 6.48 Å². The highest BCUT2D eigenvalue weighted by atomic mass is 15.4. The van der Waals surface area contributed by atoms with Crippen LogP contribution in [0.2, 0.25) is 0 Å². The van der Waals surface area contributed by atoms with Gasteiger partial charge in [-0.05, 0) is 24.8 Å². The van der Waals surface area contributed by atoms with Crippen molar-refractivity contribution in [1.29, 1.82) is 0 Å². The van der Waals surface area contributed by atoms with E-state index in [-0.39, 0.29) is 0 Å². The molecule has 1 aliphatic heterocycles. The maximum atomic E-state index is 2.61. The predicted molar refractivity (Wildman–Crippen MR) is 118 cm³/mol. The molecule has 1 aromatic rings. The highest BCUT2D eigenvalue weighted by Gasteiger charge is 2.25. The van der Waals surface area contributed by atoms with Gasteiger partial charge in [0.15, 0.2) is 0 Å². The Morgan fingerprint density at radius 3 is 1.96 bits per heavy atom. The number of hydrogen-bond donors (Lipinski definition) is 0. The fourth-order valence-corrected chi connectivity index (χ4v) is 4.07. The van der Waals surface area contributed by atoms with Gasteiger partial charge in [-0.2, -0.15) is 0 Å². The van der Waals surface area contributed by atoms with Gasteiger partial charge in [0, 0.05) is 25.5 Å². The lowest BCUT2D eigenvalue weighted by molar-refractivity contribution is 0.132. The van der Waals surface area contributed by atoms with E-state index in [1.165, 1.54) is 89.2 Å². The molecule has 0 N–H and O–H groups in total. The van der Waals surface area contributed by atoms with Gasteiger partial charge < -0.3 is 9.80 Å². The predicted octanol–water partition coefficient (Wildman–Crippen LogP) is 7.32. The summed E-state index contributed by atoms with van der Waals surface area (Å²) in [5, 5.41) is 0. The molecule has 2 heteroatoms. The minimum Gasteiger partial charge on any atom is -0.356 e. The number of benzene rings is 1. The molecule has 0 saturated carbocycles. The fraction of sp³-hybridized carbons (Fsp3) is 0.680. The Bertz CT molecular complexity index is 496. The average Bonchev–Trinajstić information content (AvgIpc) is 3.06. The molecular weight excluding hydrogens is 328 g/mol. The lowest BCUT2D eigenvalue weighted by Gasteiger charge is -2.33. The van der Waals surface area contributed by atoms with Crippen molar-refractivity contribution in [2.75, 3.05) is 6.54 Å². The van der Waals surface area contributed by atoms with E-state index in [1.54, 1.807) is 0 Å². The monoisotopic (exact) mass is 370 g/mol. The summed E-state index contributed by atoms with van der Waals surface area (Å²) in [5.74, 6) is 0. The summed E-state index contributed by atoms with van der Waals surface area (Å²) in [4.78, 5) is 5.16. The largest absolute Gasteiger partial charge is 0.356 e. The Hall–Kier alpha value is -1.44. The zero-order chi connectivity index (χ0) is 19.2. The quantitative estimate of drug-likeness (QED) is 0.298. The third-order valence-electron chi connectivity index (χ3n) is 5.76. The van der Waals surface area contributed by atoms with E-state index in [1.807, 2.05) is 0 Å². The molecular formula is C25H42N2. The highest BCUT2D eigenvalue weighted by molar-refractivity contribution is 5.15. The summed E-state index contributed by atoms with van der Waals surface area (Å²) in [6.07, 6.45) is 21.7.